The van der Waals surface area contributed by atoms with E-state index in [1.807, 2.05) is 26.0 Å². The fourth-order valence-corrected chi connectivity index (χ4v) is 1.70. The summed E-state index contributed by atoms with van der Waals surface area (Å²) in [6, 6.07) is 5.43. The van der Waals surface area contributed by atoms with Crippen LogP contribution < -0.4 is 0 Å². The van der Waals surface area contributed by atoms with Crippen molar-refractivity contribution < 1.29 is 9.50 Å². The van der Waals surface area contributed by atoms with Crippen LogP contribution in [0, 0.1) is 5.82 Å². The van der Waals surface area contributed by atoms with E-state index in [0.29, 0.717) is 11.1 Å². The monoisotopic (exact) mass is 207 g/mol. The molecule has 80 valence electrons. The Bertz CT molecular complexity index is 487. The molecule has 0 atom stereocenters. The molecular weight excluding hydrogens is 193 g/mol. The Kier molecular flexibility index (Phi) is 2.27. The van der Waals surface area contributed by atoms with Crippen LogP contribution in [0.3, 0.4) is 0 Å². The number of aromatic nitrogens is 1. The third kappa shape index (κ3) is 1.53. The van der Waals surface area contributed by atoms with Gasteiger partial charge in [0, 0.05) is 17.0 Å². The van der Waals surface area contributed by atoms with Gasteiger partial charge in [-0.05, 0) is 11.6 Å². The molecule has 0 aliphatic carbocycles. The van der Waals surface area contributed by atoms with Crippen molar-refractivity contribution in [3.8, 4) is 0 Å². The topological polar surface area (TPSA) is 36.0 Å². The van der Waals surface area contributed by atoms with Gasteiger partial charge in [-0.25, -0.2) is 4.39 Å². The van der Waals surface area contributed by atoms with Crippen LogP contribution in [-0.2, 0) is 5.41 Å². The van der Waals surface area contributed by atoms with E-state index >= 15 is 0 Å². The van der Waals surface area contributed by atoms with Gasteiger partial charge in [0.1, 0.15) is 0 Å². The van der Waals surface area contributed by atoms with Gasteiger partial charge in [0.2, 0.25) is 0 Å². The molecule has 2 N–H and O–H groups in total. The molecule has 15 heavy (non-hydrogen) atoms. The normalized spacial score (nSPS) is 12.3. The predicted molar refractivity (Wildman–Crippen MR) is 58.4 cm³/mol. The number of halogens is 1. The van der Waals surface area contributed by atoms with Gasteiger partial charge in [0.15, 0.2) is 5.82 Å². The Morgan fingerprint density at radius 2 is 2.07 bits per heavy atom. The van der Waals surface area contributed by atoms with E-state index in [4.69, 9.17) is 0 Å². The summed E-state index contributed by atoms with van der Waals surface area (Å²) < 4.78 is 14.0. The highest BCUT2D eigenvalue weighted by Crippen LogP contribution is 2.29. The maximum Gasteiger partial charge on any atom is 0.151 e. The number of nitrogens with one attached hydrogen (secondary N) is 1. The number of fused-ring (bicyclic) bond motifs is 1. The van der Waals surface area contributed by atoms with Gasteiger partial charge in [-0.15, -0.1) is 0 Å². The second-order valence-electron chi connectivity index (χ2n) is 4.41. The molecule has 0 bridgehead atoms. The van der Waals surface area contributed by atoms with Gasteiger partial charge < -0.3 is 10.1 Å². The maximum atomic E-state index is 14.0. The Morgan fingerprint density at radius 3 is 2.73 bits per heavy atom. The highest BCUT2D eigenvalue weighted by atomic mass is 19.1. The molecule has 0 aliphatic heterocycles. The Balaban J connectivity index is 2.67. The third-order valence-electron chi connectivity index (χ3n) is 2.79. The lowest BCUT2D eigenvalue weighted by Crippen LogP contribution is -2.23. The molecule has 2 rings (SSSR count). The minimum atomic E-state index is -0.552. The molecule has 0 aliphatic rings. The zero-order valence-electron chi connectivity index (χ0n) is 8.84. The van der Waals surface area contributed by atoms with Crippen LogP contribution in [0.25, 0.3) is 10.9 Å². The average molecular weight is 207 g/mol. The number of hydrogen-bond acceptors (Lipinski definition) is 1. The predicted octanol–water partition coefficient (Wildman–Crippen LogP) is 2.58. The van der Waals surface area contributed by atoms with E-state index < -0.39 is 5.41 Å². The summed E-state index contributed by atoms with van der Waals surface area (Å²) in [5.41, 5.74) is 0.498. The number of H-pyrrole nitrogens is 1. The summed E-state index contributed by atoms with van der Waals surface area (Å²) >= 11 is 0. The molecule has 1 aromatic heterocycles. The molecule has 0 radical (unpaired) electrons. The second-order valence-corrected chi connectivity index (χ2v) is 4.41. The van der Waals surface area contributed by atoms with Crippen molar-refractivity contribution in [1.82, 2.24) is 4.98 Å². The Morgan fingerprint density at radius 1 is 1.33 bits per heavy atom. The van der Waals surface area contributed by atoms with Gasteiger partial charge in [-0.2, -0.15) is 0 Å². The van der Waals surface area contributed by atoms with E-state index in [9.17, 15) is 9.50 Å². The third-order valence-corrected chi connectivity index (χ3v) is 2.79. The highest BCUT2D eigenvalue weighted by Gasteiger charge is 2.24. The van der Waals surface area contributed by atoms with Crippen LogP contribution in [0.2, 0.25) is 0 Å². The molecule has 1 aromatic carbocycles. The van der Waals surface area contributed by atoms with Crippen LogP contribution in [0.15, 0.2) is 24.4 Å². The Hall–Kier alpha value is -1.35. The fraction of sp³-hybridized carbons (Fsp3) is 0.333. The summed E-state index contributed by atoms with van der Waals surface area (Å²) in [4.78, 5) is 2.87. The van der Waals surface area contributed by atoms with Crippen molar-refractivity contribution >= 4 is 10.9 Å². The molecule has 3 heteroatoms. The van der Waals surface area contributed by atoms with Gasteiger partial charge in [0.25, 0.3) is 0 Å². The first-order valence-corrected chi connectivity index (χ1v) is 4.93. The lowest BCUT2D eigenvalue weighted by molar-refractivity contribution is 0.215. The summed E-state index contributed by atoms with van der Waals surface area (Å²) in [6.07, 6.45) is 1.71. The minimum Gasteiger partial charge on any atom is -0.395 e. The lowest BCUT2D eigenvalue weighted by Gasteiger charge is -2.22. The largest absolute Gasteiger partial charge is 0.395 e. The zero-order valence-corrected chi connectivity index (χ0v) is 8.84. The quantitative estimate of drug-likeness (QED) is 0.780. The average Bonchev–Trinajstić information content (AvgIpc) is 2.66. The van der Waals surface area contributed by atoms with Crippen molar-refractivity contribution in [3.05, 3.63) is 35.8 Å². The van der Waals surface area contributed by atoms with Crippen LogP contribution in [0.1, 0.15) is 19.4 Å². The standard InChI is InChI=1S/C12H14FNO/c1-12(2,7-15)9-4-3-8-5-6-14-11(8)10(9)13/h3-6,14-15H,7H2,1-2H3. The molecular formula is C12H14FNO. The number of rotatable bonds is 2. The van der Waals surface area contributed by atoms with Crippen molar-refractivity contribution in [1.29, 1.82) is 0 Å². The van der Waals surface area contributed by atoms with E-state index in [-0.39, 0.29) is 12.4 Å². The van der Waals surface area contributed by atoms with Crippen LogP contribution >= 0.6 is 0 Å². The molecule has 0 spiro atoms. The van der Waals surface area contributed by atoms with Crippen molar-refractivity contribution in [2.75, 3.05) is 6.61 Å². The summed E-state index contributed by atoms with van der Waals surface area (Å²) in [6.45, 7) is 3.57. The molecule has 0 amide bonds. The van der Waals surface area contributed by atoms with E-state index in [2.05, 4.69) is 4.98 Å². The number of aliphatic hydroxyl groups is 1. The molecule has 0 unspecified atom stereocenters. The lowest BCUT2D eigenvalue weighted by atomic mass is 9.85. The van der Waals surface area contributed by atoms with Crippen LogP contribution in [0.5, 0.6) is 0 Å². The first-order chi connectivity index (χ1) is 7.06. The number of aliphatic hydroxyl groups excluding tert-OH is 1. The van der Waals surface area contributed by atoms with Gasteiger partial charge >= 0.3 is 0 Å². The number of benzene rings is 1. The van der Waals surface area contributed by atoms with Gasteiger partial charge in [-0.1, -0.05) is 26.0 Å². The van der Waals surface area contributed by atoms with Crippen molar-refractivity contribution in [2.24, 2.45) is 0 Å². The first-order valence-electron chi connectivity index (χ1n) is 4.93. The van der Waals surface area contributed by atoms with Crippen LogP contribution in [-0.4, -0.2) is 16.7 Å². The van der Waals surface area contributed by atoms with E-state index in [1.54, 1.807) is 12.3 Å². The van der Waals surface area contributed by atoms with Crippen molar-refractivity contribution in [3.63, 3.8) is 0 Å². The zero-order chi connectivity index (χ0) is 11.1. The molecule has 2 aromatic rings. The SMILES string of the molecule is CC(C)(CO)c1ccc2cc[nH]c2c1F. The fourth-order valence-electron chi connectivity index (χ4n) is 1.70. The Labute approximate surface area is 87.7 Å². The molecule has 0 saturated heterocycles. The smallest absolute Gasteiger partial charge is 0.151 e. The molecule has 0 fully saturated rings. The van der Waals surface area contributed by atoms with E-state index in [0.717, 1.165) is 5.39 Å². The summed E-state index contributed by atoms with van der Waals surface area (Å²) in [7, 11) is 0. The minimum absolute atomic E-state index is 0.0733. The van der Waals surface area contributed by atoms with Gasteiger partial charge in [-0.3, -0.25) is 0 Å². The van der Waals surface area contributed by atoms with E-state index in [1.165, 1.54) is 0 Å². The first kappa shape index (κ1) is 10.2. The number of aromatic amines is 1. The van der Waals surface area contributed by atoms with Gasteiger partial charge in [0.05, 0.1) is 12.1 Å². The molecule has 0 saturated carbocycles. The second kappa shape index (κ2) is 3.35. The van der Waals surface area contributed by atoms with Crippen molar-refractivity contribution in [2.45, 2.75) is 19.3 Å². The highest BCUT2D eigenvalue weighted by molar-refractivity contribution is 5.80. The summed E-state index contributed by atoms with van der Waals surface area (Å²) in [5, 5.41) is 10.1. The summed E-state index contributed by atoms with van der Waals surface area (Å²) in [5.74, 6) is -0.267. The number of hydrogen-bond donors (Lipinski definition) is 2. The molecule has 1 heterocycles. The van der Waals surface area contributed by atoms with Crippen LogP contribution in [0.4, 0.5) is 4.39 Å². The molecule has 2 nitrogen and oxygen atoms in total. The maximum absolute atomic E-state index is 14.0.